The van der Waals surface area contributed by atoms with Crippen LogP contribution in [0, 0.1) is 0 Å². The lowest BCUT2D eigenvalue weighted by atomic mass is 9.99. The number of nitrogens with zero attached hydrogens (tertiary/aromatic N) is 3. The number of hydrogen-bond donors (Lipinski definition) is 2. The molecule has 0 radical (unpaired) electrons. The standard InChI is InChI=1S/C20H22N4O2/c1-13(2)16-6-9-19(25)18(10-16)20(26)23-14(3)15-4-7-17(8-5-15)24-12-21-11-22-24/h4-14,25H,1-3H3,(H,23,26). The summed E-state index contributed by atoms with van der Waals surface area (Å²) in [4.78, 5) is 16.5. The number of hydrogen-bond acceptors (Lipinski definition) is 4. The van der Waals surface area contributed by atoms with Gasteiger partial charge in [0, 0.05) is 0 Å². The summed E-state index contributed by atoms with van der Waals surface area (Å²) in [7, 11) is 0. The fourth-order valence-corrected chi connectivity index (χ4v) is 2.71. The van der Waals surface area contributed by atoms with Gasteiger partial charge in [-0.1, -0.05) is 32.0 Å². The molecule has 0 aliphatic heterocycles. The molecule has 134 valence electrons. The molecule has 2 aromatic carbocycles. The number of benzene rings is 2. The number of aromatic nitrogens is 3. The molecular formula is C20H22N4O2. The Labute approximate surface area is 152 Å². The minimum absolute atomic E-state index is 0.0133. The van der Waals surface area contributed by atoms with Gasteiger partial charge in [0.25, 0.3) is 5.91 Å². The van der Waals surface area contributed by atoms with Gasteiger partial charge in [-0.05, 0) is 48.2 Å². The molecule has 26 heavy (non-hydrogen) atoms. The first kappa shape index (κ1) is 17.7. The van der Waals surface area contributed by atoms with E-state index < -0.39 is 0 Å². The molecule has 6 heteroatoms. The van der Waals surface area contributed by atoms with Crippen molar-refractivity contribution >= 4 is 5.91 Å². The summed E-state index contributed by atoms with van der Waals surface area (Å²) >= 11 is 0. The fourth-order valence-electron chi connectivity index (χ4n) is 2.71. The van der Waals surface area contributed by atoms with Crippen LogP contribution < -0.4 is 5.32 Å². The zero-order valence-electron chi connectivity index (χ0n) is 15.0. The van der Waals surface area contributed by atoms with E-state index in [-0.39, 0.29) is 23.6 Å². The van der Waals surface area contributed by atoms with Crippen LogP contribution in [-0.4, -0.2) is 25.8 Å². The molecule has 3 rings (SSSR count). The Bertz CT molecular complexity index is 887. The van der Waals surface area contributed by atoms with Gasteiger partial charge in [-0.15, -0.1) is 0 Å². The van der Waals surface area contributed by atoms with E-state index in [4.69, 9.17) is 0 Å². The van der Waals surface area contributed by atoms with Gasteiger partial charge in [0.15, 0.2) is 0 Å². The van der Waals surface area contributed by atoms with Crippen LogP contribution in [0.4, 0.5) is 0 Å². The second-order valence-corrected chi connectivity index (χ2v) is 6.56. The molecule has 0 saturated heterocycles. The third-order valence-corrected chi connectivity index (χ3v) is 4.36. The first-order chi connectivity index (χ1) is 12.5. The number of phenols is 1. The third-order valence-electron chi connectivity index (χ3n) is 4.36. The van der Waals surface area contributed by atoms with E-state index in [0.717, 1.165) is 16.8 Å². The van der Waals surface area contributed by atoms with Crippen molar-refractivity contribution in [3.05, 3.63) is 71.8 Å². The molecule has 3 aromatic rings. The molecule has 6 nitrogen and oxygen atoms in total. The van der Waals surface area contributed by atoms with E-state index in [2.05, 4.69) is 15.4 Å². The van der Waals surface area contributed by atoms with Crippen molar-refractivity contribution in [1.82, 2.24) is 20.1 Å². The minimum atomic E-state index is -0.294. The highest BCUT2D eigenvalue weighted by atomic mass is 16.3. The SMILES string of the molecule is CC(C)c1ccc(O)c(C(=O)NC(C)c2ccc(-n3cncn3)cc2)c1. The van der Waals surface area contributed by atoms with Gasteiger partial charge in [0.05, 0.1) is 17.3 Å². The second-order valence-electron chi connectivity index (χ2n) is 6.56. The Morgan fingerprint density at radius 1 is 1.08 bits per heavy atom. The Morgan fingerprint density at radius 3 is 2.38 bits per heavy atom. The van der Waals surface area contributed by atoms with E-state index in [1.54, 1.807) is 23.1 Å². The van der Waals surface area contributed by atoms with Gasteiger partial charge < -0.3 is 10.4 Å². The topological polar surface area (TPSA) is 80.0 Å². The summed E-state index contributed by atoms with van der Waals surface area (Å²) < 4.78 is 1.67. The van der Waals surface area contributed by atoms with Crippen molar-refractivity contribution in [1.29, 1.82) is 0 Å². The van der Waals surface area contributed by atoms with Crippen LogP contribution in [0.3, 0.4) is 0 Å². The molecule has 0 saturated carbocycles. The zero-order chi connectivity index (χ0) is 18.7. The van der Waals surface area contributed by atoms with E-state index in [0.29, 0.717) is 5.56 Å². The Balaban J connectivity index is 1.74. The van der Waals surface area contributed by atoms with E-state index in [1.165, 1.54) is 6.33 Å². The van der Waals surface area contributed by atoms with Crippen molar-refractivity contribution in [2.24, 2.45) is 0 Å². The van der Waals surface area contributed by atoms with Gasteiger partial charge in [0.2, 0.25) is 0 Å². The number of phenolic OH excluding ortho intramolecular Hbond substituents is 1. The maximum atomic E-state index is 12.6. The largest absolute Gasteiger partial charge is 0.507 e. The van der Waals surface area contributed by atoms with Gasteiger partial charge in [0.1, 0.15) is 18.4 Å². The lowest BCUT2D eigenvalue weighted by molar-refractivity contribution is 0.0937. The van der Waals surface area contributed by atoms with Gasteiger partial charge in [-0.3, -0.25) is 4.79 Å². The molecule has 1 aromatic heterocycles. The first-order valence-corrected chi connectivity index (χ1v) is 8.54. The Morgan fingerprint density at radius 2 is 1.77 bits per heavy atom. The van der Waals surface area contributed by atoms with Crippen LogP contribution in [0.5, 0.6) is 5.75 Å². The van der Waals surface area contributed by atoms with Crippen LogP contribution in [0.2, 0.25) is 0 Å². The summed E-state index contributed by atoms with van der Waals surface area (Å²) in [5.41, 5.74) is 3.16. The normalized spacial score (nSPS) is 12.2. The van der Waals surface area contributed by atoms with Gasteiger partial charge in [-0.25, -0.2) is 9.67 Å². The van der Waals surface area contributed by atoms with Crippen molar-refractivity contribution < 1.29 is 9.90 Å². The molecule has 1 amide bonds. The van der Waals surface area contributed by atoms with Gasteiger partial charge in [-0.2, -0.15) is 5.10 Å². The van der Waals surface area contributed by atoms with Crippen LogP contribution in [0.25, 0.3) is 5.69 Å². The number of carbonyl (C=O) groups is 1. The smallest absolute Gasteiger partial charge is 0.255 e. The monoisotopic (exact) mass is 350 g/mol. The molecule has 1 atom stereocenters. The maximum absolute atomic E-state index is 12.6. The molecule has 1 unspecified atom stereocenters. The van der Waals surface area contributed by atoms with Crippen molar-refractivity contribution in [2.75, 3.05) is 0 Å². The molecule has 0 spiro atoms. The van der Waals surface area contributed by atoms with Crippen molar-refractivity contribution in [3.8, 4) is 11.4 Å². The molecule has 2 N–H and O–H groups in total. The zero-order valence-corrected chi connectivity index (χ0v) is 15.0. The predicted octanol–water partition coefficient (Wildman–Crippen LogP) is 3.59. The summed E-state index contributed by atoms with van der Waals surface area (Å²) in [6, 6.07) is 12.7. The highest BCUT2D eigenvalue weighted by Crippen LogP contribution is 2.24. The summed E-state index contributed by atoms with van der Waals surface area (Å²) in [5.74, 6) is -0.0256. The van der Waals surface area contributed by atoms with E-state index >= 15 is 0 Å². The molecular weight excluding hydrogens is 328 g/mol. The Hall–Kier alpha value is -3.15. The molecule has 0 bridgehead atoms. The summed E-state index contributed by atoms with van der Waals surface area (Å²) in [6.45, 7) is 6.01. The Kier molecular flexibility index (Phi) is 5.02. The van der Waals surface area contributed by atoms with E-state index in [9.17, 15) is 9.90 Å². The fraction of sp³-hybridized carbons (Fsp3) is 0.250. The average Bonchev–Trinajstić information content (AvgIpc) is 3.16. The van der Waals surface area contributed by atoms with Gasteiger partial charge >= 0.3 is 0 Å². The highest BCUT2D eigenvalue weighted by Gasteiger charge is 2.16. The van der Waals surface area contributed by atoms with Crippen LogP contribution >= 0.6 is 0 Å². The number of amides is 1. The predicted molar refractivity (Wildman–Crippen MR) is 99.4 cm³/mol. The molecule has 0 aliphatic rings. The number of nitrogens with one attached hydrogen (secondary N) is 1. The number of carbonyl (C=O) groups excluding carboxylic acids is 1. The highest BCUT2D eigenvalue weighted by molar-refractivity contribution is 5.97. The summed E-state index contributed by atoms with van der Waals surface area (Å²) in [5, 5.41) is 17.1. The quantitative estimate of drug-likeness (QED) is 0.737. The summed E-state index contributed by atoms with van der Waals surface area (Å²) in [6.07, 6.45) is 3.11. The second kappa shape index (κ2) is 7.39. The van der Waals surface area contributed by atoms with Crippen molar-refractivity contribution in [3.63, 3.8) is 0 Å². The average molecular weight is 350 g/mol. The minimum Gasteiger partial charge on any atom is -0.507 e. The molecule has 1 heterocycles. The van der Waals surface area contributed by atoms with Crippen LogP contribution in [0.15, 0.2) is 55.1 Å². The number of rotatable bonds is 5. The third kappa shape index (κ3) is 3.74. The van der Waals surface area contributed by atoms with E-state index in [1.807, 2.05) is 51.1 Å². The maximum Gasteiger partial charge on any atom is 0.255 e. The molecule has 0 aliphatic carbocycles. The molecule has 0 fully saturated rings. The lowest BCUT2D eigenvalue weighted by Gasteiger charge is -2.16. The van der Waals surface area contributed by atoms with Crippen molar-refractivity contribution in [2.45, 2.75) is 32.7 Å². The lowest BCUT2D eigenvalue weighted by Crippen LogP contribution is -2.26. The van der Waals surface area contributed by atoms with Crippen LogP contribution in [0.1, 0.15) is 54.2 Å². The van der Waals surface area contributed by atoms with Crippen LogP contribution in [-0.2, 0) is 0 Å². The first-order valence-electron chi connectivity index (χ1n) is 8.54. The number of aromatic hydroxyl groups is 1.